The lowest BCUT2D eigenvalue weighted by Crippen LogP contribution is -2.46. The van der Waals surface area contributed by atoms with Gasteiger partial charge in [-0.05, 0) is 12.8 Å². The molecule has 15 heavy (non-hydrogen) atoms. The van der Waals surface area contributed by atoms with Gasteiger partial charge in [-0.1, -0.05) is 33.6 Å². The van der Waals surface area contributed by atoms with Crippen LogP contribution in [0.4, 0.5) is 0 Å². The fraction of sp³-hybridized carbons (Fsp3) is 0.833. The van der Waals surface area contributed by atoms with Gasteiger partial charge in [0.1, 0.15) is 11.9 Å². The molecular weight excluding hydrogens is 192 g/mol. The number of Topliss-reactive ketones (excluding diaryl/α,β-unsaturated/α-hetero) is 1. The highest BCUT2D eigenvalue weighted by atomic mass is 16.3. The van der Waals surface area contributed by atoms with E-state index in [0.717, 1.165) is 19.1 Å². The molecular formula is C12H22O3. The van der Waals surface area contributed by atoms with Gasteiger partial charge in [-0.25, -0.2) is 0 Å². The van der Waals surface area contributed by atoms with Gasteiger partial charge in [-0.15, -0.1) is 0 Å². The van der Waals surface area contributed by atoms with Crippen molar-refractivity contribution in [1.82, 2.24) is 0 Å². The Bertz CT molecular complexity index is 213. The van der Waals surface area contributed by atoms with Crippen molar-refractivity contribution in [2.45, 2.75) is 58.5 Å². The molecule has 0 fully saturated rings. The third-order valence-electron chi connectivity index (χ3n) is 2.99. The number of hydrogen-bond acceptors (Lipinski definition) is 3. The van der Waals surface area contributed by atoms with Crippen molar-refractivity contribution in [2.24, 2.45) is 5.92 Å². The Morgan fingerprint density at radius 3 is 2.33 bits per heavy atom. The minimum Gasteiger partial charge on any atom is -0.381 e. The summed E-state index contributed by atoms with van der Waals surface area (Å²) in [5.74, 6) is -0.770. The molecule has 1 N–H and O–H groups in total. The Hall–Kier alpha value is -0.700. The van der Waals surface area contributed by atoms with Gasteiger partial charge in [-0.3, -0.25) is 4.79 Å². The average molecular weight is 214 g/mol. The molecule has 0 amide bonds. The fourth-order valence-electron chi connectivity index (χ4n) is 1.82. The molecule has 0 aliphatic carbocycles. The minimum atomic E-state index is -1.44. The van der Waals surface area contributed by atoms with Crippen LogP contribution in [0, 0.1) is 5.92 Å². The third-order valence-corrected chi connectivity index (χ3v) is 2.99. The van der Waals surface area contributed by atoms with Gasteiger partial charge in [0, 0.05) is 6.42 Å². The van der Waals surface area contributed by atoms with Crippen LogP contribution in [0.2, 0.25) is 0 Å². The predicted octanol–water partition coefficient (Wildman–Crippen LogP) is 2.11. The quantitative estimate of drug-likeness (QED) is 0.630. The van der Waals surface area contributed by atoms with Crippen LogP contribution >= 0.6 is 0 Å². The van der Waals surface area contributed by atoms with E-state index in [4.69, 9.17) is 0 Å². The zero-order chi connectivity index (χ0) is 11.9. The van der Waals surface area contributed by atoms with Crippen LogP contribution in [0.5, 0.6) is 0 Å². The molecule has 0 aliphatic heterocycles. The van der Waals surface area contributed by atoms with E-state index in [-0.39, 0.29) is 12.2 Å². The molecule has 0 aromatic rings. The maximum atomic E-state index is 11.6. The first-order chi connectivity index (χ1) is 7.06. The van der Waals surface area contributed by atoms with Gasteiger partial charge in [0.15, 0.2) is 5.78 Å². The summed E-state index contributed by atoms with van der Waals surface area (Å²) in [5.41, 5.74) is -1.44. The van der Waals surface area contributed by atoms with Crippen LogP contribution in [-0.4, -0.2) is 22.8 Å². The van der Waals surface area contributed by atoms with E-state index >= 15 is 0 Å². The zero-order valence-corrected chi connectivity index (χ0v) is 9.95. The molecule has 0 spiro atoms. The number of unbranched alkanes of at least 4 members (excludes halogenated alkanes) is 1. The molecule has 0 rings (SSSR count). The van der Waals surface area contributed by atoms with Crippen LogP contribution in [0.25, 0.3) is 0 Å². The van der Waals surface area contributed by atoms with Crippen molar-refractivity contribution in [3.63, 3.8) is 0 Å². The molecule has 88 valence electrons. The maximum Gasteiger partial charge on any atom is 0.164 e. The number of aliphatic hydroxyl groups is 1. The lowest BCUT2D eigenvalue weighted by atomic mass is 9.79. The van der Waals surface area contributed by atoms with E-state index < -0.39 is 11.5 Å². The van der Waals surface area contributed by atoms with E-state index in [1.165, 1.54) is 0 Å². The van der Waals surface area contributed by atoms with E-state index in [2.05, 4.69) is 0 Å². The van der Waals surface area contributed by atoms with Crippen molar-refractivity contribution >= 4 is 12.1 Å². The molecule has 0 heterocycles. The summed E-state index contributed by atoms with van der Waals surface area (Å²) in [6.45, 7) is 5.48. The summed E-state index contributed by atoms with van der Waals surface area (Å²) in [4.78, 5) is 22.5. The SMILES string of the molecule is CCCC[C@H](C=O)[C@@](O)(CC)C(=O)CC. The topological polar surface area (TPSA) is 54.4 Å². The van der Waals surface area contributed by atoms with Gasteiger partial charge in [0.2, 0.25) is 0 Å². The molecule has 0 unspecified atom stereocenters. The normalized spacial score (nSPS) is 16.8. The van der Waals surface area contributed by atoms with Crippen molar-refractivity contribution in [1.29, 1.82) is 0 Å². The highest BCUT2D eigenvalue weighted by molar-refractivity contribution is 5.89. The van der Waals surface area contributed by atoms with Crippen LogP contribution in [-0.2, 0) is 9.59 Å². The smallest absolute Gasteiger partial charge is 0.164 e. The van der Waals surface area contributed by atoms with Crippen molar-refractivity contribution in [3.8, 4) is 0 Å². The first-order valence-electron chi connectivity index (χ1n) is 5.77. The Labute approximate surface area is 91.9 Å². The molecule has 0 bridgehead atoms. The first kappa shape index (κ1) is 14.3. The van der Waals surface area contributed by atoms with Crippen molar-refractivity contribution in [3.05, 3.63) is 0 Å². The molecule has 0 saturated heterocycles. The van der Waals surface area contributed by atoms with Gasteiger partial charge >= 0.3 is 0 Å². The Morgan fingerprint density at radius 1 is 1.40 bits per heavy atom. The minimum absolute atomic E-state index is 0.224. The van der Waals surface area contributed by atoms with Gasteiger partial charge in [0.05, 0.1) is 5.92 Å². The number of hydrogen-bond donors (Lipinski definition) is 1. The Balaban J connectivity index is 4.71. The third kappa shape index (κ3) is 3.42. The second kappa shape index (κ2) is 6.72. The van der Waals surface area contributed by atoms with Crippen LogP contribution < -0.4 is 0 Å². The predicted molar refractivity (Wildman–Crippen MR) is 59.6 cm³/mol. The molecule has 0 aliphatic rings. The molecule has 0 aromatic carbocycles. The largest absolute Gasteiger partial charge is 0.381 e. The van der Waals surface area contributed by atoms with Gasteiger partial charge in [0.25, 0.3) is 0 Å². The summed E-state index contributed by atoms with van der Waals surface area (Å²) in [6, 6.07) is 0. The molecule has 0 radical (unpaired) electrons. The number of aldehydes is 1. The van der Waals surface area contributed by atoms with E-state index in [1.807, 2.05) is 6.92 Å². The number of carbonyl (C=O) groups excluding carboxylic acids is 2. The lowest BCUT2D eigenvalue weighted by Gasteiger charge is -2.30. The highest BCUT2D eigenvalue weighted by Crippen LogP contribution is 2.27. The summed E-state index contributed by atoms with van der Waals surface area (Å²) in [7, 11) is 0. The Kier molecular flexibility index (Phi) is 6.41. The molecule has 3 heteroatoms. The molecule has 2 atom stereocenters. The summed E-state index contributed by atoms with van der Waals surface area (Å²) in [5, 5.41) is 10.2. The highest BCUT2D eigenvalue weighted by Gasteiger charge is 2.40. The second-order valence-electron chi connectivity index (χ2n) is 3.94. The number of ketones is 1. The van der Waals surface area contributed by atoms with Gasteiger partial charge in [-0.2, -0.15) is 0 Å². The van der Waals surface area contributed by atoms with E-state index in [0.29, 0.717) is 12.8 Å². The van der Waals surface area contributed by atoms with Crippen molar-refractivity contribution < 1.29 is 14.7 Å². The maximum absolute atomic E-state index is 11.6. The summed E-state index contributed by atoms with van der Waals surface area (Å²) < 4.78 is 0. The monoisotopic (exact) mass is 214 g/mol. The molecule has 0 aromatic heterocycles. The average Bonchev–Trinajstić information content (AvgIpc) is 2.28. The van der Waals surface area contributed by atoms with E-state index in [9.17, 15) is 14.7 Å². The number of carbonyl (C=O) groups is 2. The summed E-state index contributed by atoms with van der Waals surface area (Å²) >= 11 is 0. The van der Waals surface area contributed by atoms with E-state index in [1.54, 1.807) is 13.8 Å². The molecule has 3 nitrogen and oxygen atoms in total. The second-order valence-corrected chi connectivity index (χ2v) is 3.94. The standard InChI is InChI=1S/C12H22O3/c1-4-7-8-10(9-13)12(15,6-3)11(14)5-2/h9-10,15H,4-8H2,1-3H3/t10-,12+/m1/s1. The molecule has 0 saturated carbocycles. The van der Waals surface area contributed by atoms with Crippen LogP contribution in [0.15, 0.2) is 0 Å². The lowest BCUT2D eigenvalue weighted by molar-refractivity contribution is -0.147. The van der Waals surface area contributed by atoms with Crippen molar-refractivity contribution in [2.75, 3.05) is 0 Å². The summed E-state index contributed by atoms with van der Waals surface area (Å²) in [6.07, 6.45) is 3.74. The first-order valence-corrected chi connectivity index (χ1v) is 5.77. The van der Waals surface area contributed by atoms with Crippen LogP contribution in [0.3, 0.4) is 0 Å². The number of rotatable bonds is 8. The van der Waals surface area contributed by atoms with Crippen LogP contribution in [0.1, 0.15) is 52.9 Å². The zero-order valence-electron chi connectivity index (χ0n) is 9.95. The fourth-order valence-corrected chi connectivity index (χ4v) is 1.82. The van der Waals surface area contributed by atoms with Gasteiger partial charge < -0.3 is 9.90 Å². The Morgan fingerprint density at radius 2 is 2.00 bits per heavy atom.